The zero-order valence-electron chi connectivity index (χ0n) is 13.5. The van der Waals surface area contributed by atoms with Crippen LogP contribution < -0.4 is 10.5 Å². The summed E-state index contributed by atoms with van der Waals surface area (Å²) in [5.41, 5.74) is 7.16. The molecule has 0 saturated carbocycles. The number of ether oxygens (including phenoxy) is 2. The molecule has 0 bridgehead atoms. The summed E-state index contributed by atoms with van der Waals surface area (Å²) in [6, 6.07) is 7.68. The number of likely N-dealkylation sites (tertiary alicyclic amines) is 1. The summed E-state index contributed by atoms with van der Waals surface area (Å²) in [6.07, 6.45) is 2.98. The van der Waals surface area contributed by atoms with Gasteiger partial charge in [0.1, 0.15) is 11.8 Å². The van der Waals surface area contributed by atoms with Gasteiger partial charge in [-0.25, -0.2) is 0 Å². The molecular weight excluding hydrogens is 280 g/mol. The summed E-state index contributed by atoms with van der Waals surface area (Å²) in [7, 11) is 3.06. The van der Waals surface area contributed by atoms with Gasteiger partial charge in [0.25, 0.3) is 0 Å². The predicted molar refractivity (Wildman–Crippen MR) is 85.6 cm³/mol. The van der Waals surface area contributed by atoms with Crippen LogP contribution in [-0.4, -0.2) is 44.2 Å². The minimum Gasteiger partial charge on any atom is -0.497 e. The van der Waals surface area contributed by atoms with E-state index in [1.165, 1.54) is 12.7 Å². The van der Waals surface area contributed by atoms with Gasteiger partial charge in [-0.2, -0.15) is 0 Å². The Morgan fingerprint density at radius 1 is 1.36 bits per heavy atom. The Hall–Kier alpha value is -1.59. The normalized spacial score (nSPS) is 20.4. The minimum atomic E-state index is -0.504. The van der Waals surface area contributed by atoms with Crippen LogP contribution in [0.3, 0.4) is 0 Å². The molecule has 2 unspecified atom stereocenters. The summed E-state index contributed by atoms with van der Waals surface area (Å²) < 4.78 is 9.89. The number of nitrogens with two attached hydrogens (primary N) is 1. The van der Waals surface area contributed by atoms with Gasteiger partial charge in [-0.15, -0.1) is 0 Å². The third kappa shape index (κ3) is 4.71. The number of carbonyl (C=O) groups is 1. The Bertz CT molecular complexity index is 475. The molecule has 1 aromatic rings. The van der Waals surface area contributed by atoms with Crippen LogP contribution in [0.1, 0.15) is 24.8 Å². The first-order valence-corrected chi connectivity index (χ1v) is 7.81. The lowest BCUT2D eigenvalue weighted by Crippen LogP contribution is -2.40. The van der Waals surface area contributed by atoms with Crippen molar-refractivity contribution in [1.29, 1.82) is 0 Å². The Kier molecular flexibility index (Phi) is 6.21. The van der Waals surface area contributed by atoms with Crippen LogP contribution in [0.2, 0.25) is 0 Å². The second kappa shape index (κ2) is 8.15. The first-order valence-electron chi connectivity index (χ1n) is 7.81. The molecule has 0 spiro atoms. The molecule has 0 radical (unpaired) electrons. The van der Waals surface area contributed by atoms with E-state index in [9.17, 15) is 4.79 Å². The largest absolute Gasteiger partial charge is 0.497 e. The number of benzene rings is 1. The summed E-state index contributed by atoms with van der Waals surface area (Å²) in [6.45, 7) is 3.00. The van der Waals surface area contributed by atoms with E-state index in [0.29, 0.717) is 12.3 Å². The maximum Gasteiger partial charge on any atom is 0.322 e. The zero-order chi connectivity index (χ0) is 15.9. The third-order valence-electron chi connectivity index (χ3n) is 4.26. The molecule has 1 fully saturated rings. The van der Waals surface area contributed by atoms with Crippen molar-refractivity contribution in [3.63, 3.8) is 0 Å². The fourth-order valence-electron chi connectivity index (χ4n) is 3.08. The van der Waals surface area contributed by atoms with E-state index in [-0.39, 0.29) is 5.97 Å². The highest BCUT2D eigenvalue weighted by Gasteiger charge is 2.25. The number of hydrogen-bond acceptors (Lipinski definition) is 5. The highest BCUT2D eigenvalue weighted by atomic mass is 16.5. The second-order valence-corrected chi connectivity index (χ2v) is 5.96. The average Bonchev–Trinajstić information content (AvgIpc) is 2.55. The molecule has 0 aliphatic carbocycles. The summed E-state index contributed by atoms with van der Waals surface area (Å²) in [5, 5.41) is 0. The van der Waals surface area contributed by atoms with Gasteiger partial charge < -0.3 is 15.2 Å². The summed E-state index contributed by atoms with van der Waals surface area (Å²) in [5.74, 6) is 1.03. The van der Waals surface area contributed by atoms with E-state index in [0.717, 1.165) is 38.2 Å². The van der Waals surface area contributed by atoms with Gasteiger partial charge in [0.2, 0.25) is 0 Å². The molecule has 22 heavy (non-hydrogen) atoms. The first kappa shape index (κ1) is 16.8. The van der Waals surface area contributed by atoms with Crippen molar-refractivity contribution in [3.05, 3.63) is 29.8 Å². The molecule has 1 saturated heterocycles. The van der Waals surface area contributed by atoms with Crippen molar-refractivity contribution < 1.29 is 14.3 Å². The molecule has 1 heterocycles. The smallest absolute Gasteiger partial charge is 0.322 e. The molecule has 1 aromatic carbocycles. The fourth-order valence-corrected chi connectivity index (χ4v) is 3.08. The number of methoxy groups -OCH3 is 2. The van der Waals surface area contributed by atoms with Crippen molar-refractivity contribution in [1.82, 2.24) is 4.90 Å². The van der Waals surface area contributed by atoms with E-state index in [1.807, 2.05) is 12.1 Å². The van der Waals surface area contributed by atoms with Gasteiger partial charge in [0.15, 0.2) is 0 Å². The van der Waals surface area contributed by atoms with Crippen LogP contribution in [0.15, 0.2) is 24.3 Å². The maximum atomic E-state index is 11.4. The van der Waals surface area contributed by atoms with Crippen molar-refractivity contribution in [2.24, 2.45) is 11.7 Å². The van der Waals surface area contributed by atoms with Crippen LogP contribution in [0.5, 0.6) is 5.75 Å². The van der Waals surface area contributed by atoms with Crippen molar-refractivity contribution in [3.8, 4) is 5.75 Å². The summed E-state index contributed by atoms with van der Waals surface area (Å²) in [4.78, 5) is 13.9. The average molecular weight is 306 g/mol. The lowest BCUT2D eigenvalue weighted by atomic mass is 9.91. The van der Waals surface area contributed by atoms with Crippen LogP contribution >= 0.6 is 0 Å². The number of rotatable bonds is 6. The lowest BCUT2D eigenvalue weighted by molar-refractivity contribution is -0.142. The third-order valence-corrected chi connectivity index (χ3v) is 4.26. The number of nitrogens with zero attached hydrogens (tertiary/aromatic N) is 1. The van der Waals surface area contributed by atoms with Gasteiger partial charge in [0.05, 0.1) is 14.2 Å². The first-order chi connectivity index (χ1) is 10.6. The molecule has 1 aliphatic rings. The second-order valence-electron chi connectivity index (χ2n) is 5.96. The standard InChI is InChI=1S/C17H26N2O3/c1-21-15-7-5-13(6-8-15)11-19-9-3-4-14(12-19)10-16(18)17(20)22-2/h5-8,14,16H,3-4,9-12,18H2,1-2H3. The van der Waals surface area contributed by atoms with Crippen LogP contribution in [0.25, 0.3) is 0 Å². The Labute approximate surface area is 132 Å². The van der Waals surface area contributed by atoms with Gasteiger partial charge in [0, 0.05) is 13.1 Å². The number of carbonyl (C=O) groups excluding carboxylic acids is 1. The van der Waals surface area contributed by atoms with Crippen LogP contribution in [0.4, 0.5) is 0 Å². The van der Waals surface area contributed by atoms with Gasteiger partial charge >= 0.3 is 5.97 Å². The monoisotopic (exact) mass is 306 g/mol. The van der Waals surface area contributed by atoms with E-state index in [1.54, 1.807) is 7.11 Å². The van der Waals surface area contributed by atoms with Gasteiger partial charge in [-0.05, 0) is 49.4 Å². The molecular formula is C17H26N2O3. The molecule has 2 N–H and O–H groups in total. The molecule has 0 amide bonds. The summed E-state index contributed by atoms with van der Waals surface area (Å²) >= 11 is 0. The Morgan fingerprint density at radius 2 is 2.09 bits per heavy atom. The molecule has 122 valence electrons. The molecule has 1 aliphatic heterocycles. The maximum absolute atomic E-state index is 11.4. The quantitative estimate of drug-likeness (QED) is 0.812. The van der Waals surface area contributed by atoms with Gasteiger partial charge in [-0.3, -0.25) is 9.69 Å². The highest BCUT2D eigenvalue weighted by molar-refractivity contribution is 5.75. The van der Waals surface area contributed by atoms with E-state index in [4.69, 9.17) is 15.2 Å². The SMILES string of the molecule is COC(=O)C(N)CC1CCCN(Cc2ccc(OC)cc2)C1. The number of hydrogen-bond donors (Lipinski definition) is 1. The molecule has 5 nitrogen and oxygen atoms in total. The number of esters is 1. The zero-order valence-corrected chi connectivity index (χ0v) is 13.5. The lowest BCUT2D eigenvalue weighted by Gasteiger charge is -2.33. The van der Waals surface area contributed by atoms with Crippen molar-refractivity contribution >= 4 is 5.97 Å². The van der Waals surface area contributed by atoms with E-state index >= 15 is 0 Å². The Morgan fingerprint density at radius 3 is 2.73 bits per heavy atom. The predicted octanol–water partition coefficient (Wildman–Crippen LogP) is 1.80. The molecule has 2 atom stereocenters. The fraction of sp³-hybridized carbons (Fsp3) is 0.588. The Balaban J connectivity index is 1.85. The van der Waals surface area contributed by atoms with E-state index in [2.05, 4.69) is 17.0 Å². The van der Waals surface area contributed by atoms with Gasteiger partial charge in [-0.1, -0.05) is 12.1 Å². The van der Waals surface area contributed by atoms with E-state index < -0.39 is 6.04 Å². The van der Waals surface area contributed by atoms with Crippen molar-refractivity contribution in [2.75, 3.05) is 27.3 Å². The minimum absolute atomic E-state index is 0.313. The highest BCUT2D eigenvalue weighted by Crippen LogP contribution is 2.23. The molecule has 5 heteroatoms. The van der Waals surface area contributed by atoms with Crippen LogP contribution in [0, 0.1) is 5.92 Å². The topological polar surface area (TPSA) is 64.8 Å². The van der Waals surface area contributed by atoms with Crippen molar-refractivity contribution in [2.45, 2.75) is 31.8 Å². The van der Waals surface area contributed by atoms with Crippen LogP contribution in [-0.2, 0) is 16.1 Å². The molecule has 0 aromatic heterocycles. The molecule has 2 rings (SSSR count). The number of piperidine rings is 1.